The number of rotatable bonds is 3. The summed E-state index contributed by atoms with van der Waals surface area (Å²) in [5.74, 6) is -0.521. The first kappa shape index (κ1) is 14.2. The number of carbonyl (C=O) groups is 1. The molecule has 22 heavy (non-hydrogen) atoms. The number of amides is 1. The van der Waals surface area contributed by atoms with E-state index in [1.807, 2.05) is 0 Å². The van der Waals surface area contributed by atoms with Crippen LogP contribution >= 0.6 is 0 Å². The van der Waals surface area contributed by atoms with Crippen molar-refractivity contribution in [2.24, 2.45) is 0 Å². The first-order valence-electron chi connectivity index (χ1n) is 7.12. The standard InChI is InChI=1S/C15H16N4O3/c1-9(15(22)17-14-12(20)6-3-7-16-14)19-13(21)8-10-4-2-5-11(10)18-19/h3,6-9,20H,2,4-5H2,1H3,(H,16,17,22)/t9-/m1/s1. The smallest absolute Gasteiger partial charge is 0.267 e. The molecule has 0 radical (unpaired) electrons. The highest BCUT2D eigenvalue weighted by molar-refractivity contribution is 5.93. The van der Waals surface area contributed by atoms with Crippen LogP contribution in [0.25, 0.3) is 0 Å². The van der Waals surface area contributed by atoms with Crippen LogP contribution in [0, 0.1) is 0 Å². The quantitative estimate of drug-likeness (QED) is 0.882. The maximum absolute atomic E-state index is 12.3. The van der Waals surface area contributed by atoms with Gasteiger partial charge in [-0.25, -0.2) is 9.67 Å². The van der Waals surface area contributed by atoms with Crippen molar-refractivity contribution in [3.63, 3.8) is 0 Å². The topological polar surface area (TPSA) is 97.1 Å². The minimum atomic E-state index is -0.792. The van der Waals surface area contributed by atoms with E-state index >= 15 is 0 Å². The van der Waals surface area contributed by atoms with Crippen molar-refractivity contribution in [2.45, 2.75) is 32.2 Å². The molecule has 2 aromatic heterocycles. The molecule has 1 aliphatic rings. The van der Waals surface area contributed by atoms with Crippen molar-refractivity contribution in [3.05, 3.63) is 46.0 Å². The van der Waals surface area contributed by atoms with Crippen LogP contribution in [0.4, 0.5) is 5.82 Å². The Morgan fingerprint density at radius 1 is 1.45 bits per heavy atom. The summed E-state index contributed by atoms with van der Waals surface area (Å²) in [5, 5.41) is 16.4. The number of nitrogens with one attached hydrogen (secondary N) is 1. The Bertz CT molecular complexity index is 785. The normalized spacial score (nSPS) is 14.4. The fraction of sp³-hybridized carbons (Fsp3) is 0.333. The molecule has 0 unspecified atom stereocenters. The fourth-order valence-corrected chi connectivity index (χ4v) is 2.52. The van der Waals surface area contributed by atoms with Gasteiger partial charge in [0.2, 0.25) is 5.91 Å². The summed E-state index contributed by atoms with van der Waals surface area (Å²) in [6.45, 7) is 1.59. The second-order valence-corrected chi connectivity index (χ2v) is 5.29. The molecule has 0 aliphatic heterocycles. The van der Waals surface area contributed by atoms with Crippen molar-refractivity contribution in [2.75, 3.05) is 5.32 Å². The molecule has 2 N–H and O–H groups in total. The molecule has 0 saturated carbocycles. The van der Waals surface area contributed by atoms with E-state index in [0.29, 0.717) is 0 Å². The average Bonchev–Trinajstić information content (AvgIpc) is 2.95. The van der Waals surface area contributed by atoms with E-state index < -0.39 is 11.9 Å². The molecule has 1 amide bonds. The molecule has 1 aliphatic carbocycles. The second kappa shape index (κ2) is 5.59. The largest absolute Gasteiger partial charge is 0.504 e. The Morgan fingerprint density at radius 3 is 3.05 bits per heavy atom. The van der Waals surface area contributed by atoms with Crippen LogP contribution in [-0.2, 0) is 17.6 Å². The summed E-state index contributed by atoms with van der Waals surface area (Å²) >= 11 is 0. The first-order valence-corrected chi connectivity index (χ1v) is 7.12. The Labute approximate surface area is 126 Å². The molecular formula is C15H16N4O3. The van der Waals surface area contributed by atoms with Gasteiger partial charge in [-0.1, -0.05) is 0 Å². The van der Waals surface area contributed by atoms with Crippen LogP contribution in [0.15, 0.2) is 29.2 Å². The highest BCUT2D eigenvalue weighted by Gasteiger charge is 2.22. The van der Waals surface area contributed by atoms with Gasteiger partial charge in [0.1, 0.15) is 6.04 Å². The lowest BCUT2D eigenvalue weighted by atomic mass is 10.2. The number of fused-ring (bicyclic) bond motifs is 1. The zero-order valence-corrected chi connectivity index (χ0v) is 12.1. The third-order valence-corrected chi connectivity index (χ3v) is 3.76. The third-order valence-electron chi connectivity index (χ3n) is 3.76. The molecule has 0 aromatic carbocycles. The molecule has 0 spiro atoms. The maximum Gasteiger partial charge on any atom is 0.267 e. The molecule has 0 fully saturated rings. The van der Waals surface area contributed by atoms with Gasteiger partial charge in [0.05, 0.1) is 5.69 Å². The monoisotopic (exact) mass is 300 g/mol. The number of aromatic nitrogens is 3. The number of hydrogen-bond acceptors (Lipinski definition) is 5. The number of aryl methyl sites for hydroxylation is 2. The molecule has 2 aromatic rings. The maximum atomic E-state index is 12.3. The summed E-state index contributed by atoms with van der Waals surface area (Å²) < 4.78 is 1.18. The zero-order valence-electron chi connectivity index (χ0n) is 12.1. The predicted molar refractivity (Wildman–Crippen MR) is 79.8 cm³/mol. The molecule has 7 heteroatoms. The third kappa shape index (κ3) is 2.57. The average molecular weight is 300 g/mol. The van der Waals surface area contributed by atoms with Crippen molar-refractivity contribution in [1.82, 2.24) is 14.8 Å². The Hall–Kier alpha value is -2.70. The van der Waals surface area contributed by atoms with Crippen LogP contribution in [0.3, 0.4) is 0 Å². The number of anilines is 1. The van der Waals surface area contributed by atoms with Crippen LogP contribution in [0.1, 0.15) is 30.6 Å². The van der Waals surface area contributed by atoms with Gasteiger partial charge < -0.3 is 10.4 Å². The number of pyridine rings is 1. The molecule has 114 valence electrons. The van der Waals surface area contributed by atoms with Crippen LogP contribution in [0.2, 0.25) is 0 Å². The van der Waals surface area contributed by atoms with Gasteiger partial charge >= 0.3 is 0 Å². The van der Waals surface area contributed by atoms with E-state index in [0.717, 1.165) is 30.5 Å². The van der Waals surface area contributed by atoms with Gasteiger partial charge in [-0.2, -0.15) is 5.10 Å². The Balaban J connectivity index is 1.85. The predicted octanol–water partition coefficient (Wildman–Crippen LogP) is 1.03. The first-order chi connectivity index (χ1) is 10.6. The summed E-state index contributed by atoms with van der Waals surface area (Å²) in [6, 6.07) is 3.74. The number of aromatic hydroxyl groups is 1. The van der Waals surface area contributed by atoms with Crippen molar-refractivity contribution < 1.29 is 9.90 Å². The van der Waals surface area contributed by atoms with Crippen LogP contribution in [-0.4, -0.2) is 25.8 Å². The minimum Gasteiger partial charge on any atom is -0.504 e. The number of nitrogens with zero attached hydrogens (tertiary/aromatic N) is 3. The fourth-order valence-electron chi connectivity index (χ4n) is 2.52. The molecule has 1 atom stereocenters. The highest BCUT2D eigenvalue weighted by atomic mass is 16.3. The van der Waals surface area contributed by atoms with E-state index in [-0.39, 0.29) is 17.1 Å². The van der Waals surface area contributed by atoms with Gasteiger partial charge in [0.15, 0.2) is 11.6 Å². The van der Waals surface area contributed by atoms with E-state index in [9.17, 15) is 14.7 Å². The minimum absolute atomic E-state index is 0.0635. The van der Waals surface area contributed by atoms with Gasteiger partial charge in [-0.15, -0.1) is 0 Å². The molecular weight excluding hydrogens is 284 g/mol. The van der Waals surface area contributed by atoms with Gasteiger partial charge in [0.25, 0.3) is 5.56 Å². The lowest BCUT2D eigenvalue weighted by molar-refractivity contribution is -0.119. The van der Waals surface area contributed by atoms with E-state index in [4.69, 9.17) is 0 Å². The van der Waals surface area contributed by atoms with E-state index in [1.54, 1.807) is 19.1 Å². The lowest BCUT2D eigenvalue weighted by Crippen LogP contribution is -2.34. The van der Waals surface area contributed by atoms with Crippen molar-refractivity contribution in [3.8, 4) is 5.75 Å². The van der Waals surface area contributed by atoms with E-state index in [2.05, 4.69) is 15.4 Å². The van der Waals surface area contributed by atoms with Crippen LogP contribution in [0.5, 0.6) is 5.75 Å². The molecule has 0 bridgehead atoms. The summed E-state index contributed by atoms with van der Waals surface area (Å²) in [7, 11) is 0. The molecule has 2 heterocycles. The lowest BCUT2D eigenvalue weighted by Gasteiger charge is -2.15. The second-order valence-electron chi connectivity index (χ2n) is 5.29. The Kier molecular flexibility index (Phi) is 3.62. The van der Waals surface area contributed by atoms with Gasteiger partial charge in [-0.3, -0.25) is 9.59 Å². The van der Waals surface area contributed by atoms with Gasteiger partial charge in [0, 0.05) is 12.3 Å². The summed E-state index contributed by atoms with van der Waals surface area (Å²) in [5.41, 5.74) is 1.55. The summed E-state index contributed by atoms with van der Waals surface area (Å²) in [6.07, 6.45) is 4.12. The SMILES string of the molecule is C[C@H](C(=O)Nc1ncccc1O)n1nc2c(cc1=O)CCC2. The number of hydrogen-bond donors (Lipinski definition) is 2. The molecule has 0 saturated heterocycles. The zero-order chi connectivity index (χ0) is 15.7. The van der Waals surface area contributed by atoms with E-state index in [1.165, 1.54) is 16.9 Å². The number of carbonyl (C=O) groups excluding carboxylic acids is 1. The Morgan fingerprint density at radius 2 is 2.27 bits per heavy atom. The summed E-state index contributed by atoms with van der Waals surface area (Å²) in [4.78, 5) is 28.2. The molecule has 3 rings (SSSR count). The van der Waals surface area contributed by atoms with Crippen molar-refractivity contribution >= 4 is 11.7 Å². The molecule has 7 nitrogen and oxygen atoms in total. The van der Waals surface area contributed by atoms with Crippen molar-refractivity contribution in [1.29, 1.82) is 0 Å². The van der Waals surface area contributed by atoms with Crippen LogP contribution < -0.4 is 10.9 Å². The van der Waals surface area contributed by atoms with Gasteiger partial charge in [-0.05, 0) is 43.9 Å². The highest BCUT2D eigenvalue weighted by Crippen LogP contribution is 2.20.